The molecule has 0 bridgehead atoms. The van der Waals surface area contributed by atoms with Crippen molar-refractivity contribution in [1.82, 2.24) is 4.90 Å². The van der Waals surface area contributed by atoms with Gasteiger partial charge in [0.15, 0.2) is 5.75 Å². The second-order valence-electron chi connectivity index (χ2n) is 9.68. The van der Waals surface area contributed by atoms with E-state index in [2.05, 4.69) is 44.8 Å². The largest absolute Gasteiger partial charge is 0.541 e. The fourth-order valence-electron chi connectivity index (χ4n) is 3.68. The molecule has 174 valence electrons. The molecule has 0 amide bonds. The topological polar surface area (TPSA) is 90.0 Å². The number of nitrogens with two attached hydrogens (primary N) is 1. The van der Waals surface area contributed by atoms with Crippen LogP contribution >= 0.6 is 0 Å². The fraction of sp³-hybridized carbons (Fsp3) is 0.696. The molecule has 1 aliphatic rings. The summed E-state index contributed by atoms with van der Waals surface area (Å²) in [6.07, 6.45) is 0.497. The van der Waals surface area contributed by atoms with E-state index in [1.165, 1.54) is 0 Å². The molecule has 1 heterocycles. The van der Waals surface area contributed by atoms with Gasteiger partial charge in [-0.15, -0.1) is 0 Å². The first-order valence-corrected chi connectivity index (χ1v) is 13.8. The minimum absolute atomic E-state index is 0.0463. The Morgan fingerprint density at radius 3 is 2.26 bits per heavy atom. The highest BCUT2D eigenvalue weighted by molar-refractivity contribution is 6.74. The molecule has 1 aliphatic heterocycles. The van der Waals surface area contributed by atoms with E-state index in [1.54, 1.807) is 14.2 Å². The monoisotopic (exact) mass is 450 g/mol. The molecule has 2 atom stereocenters. The fourth-order valence-corrected chi connectivity index (χ4v) is 4.69. The highest BCUT2D eigenvalue weighted by atomic mass is 28.4. The van der Waals surface area contributed by atoms with E-state index in [0.29, 0.717) is 38.5 Å². The van der Waals surface area contributed by atoms with Crippen molar-refractivity contribution in [2.75, 3.05) is 40.5 Å². The molecule has 0 spiro atoms. The molecule has 0 aliphatic carbocycles. The normalized spacial score (nSPS) is 17.5. The maximum Gasteiger partial charge on any atom is 0.250 e. The van der Waals surface area contributed by atoms with E-state index in [1.807, 2.05) is 13.0 Å². The maximum atomic E-state index is 9.80. The number of nitriles is 1. The van der Waals surface area contributed by atoms with E-state index >= 15 is 0 Å². The van der Waals surface area contributed by atoms with Gasteiger partial charge in [0.2, 0.25) is 0 Å². The third-order valence-corrected chi connectivity index (χ3v) is 10.9. The van der Waals surface area contributed by atoms with Crippen LogP contribution in [0.15, 0.2) is 6.07 Å². The number of hydrogen-bond donors (Lipinski definition) is 1. The highest BCUT2D eigenvalue weighted by Crippen LogP contribution is 2.44. The summed E-state index contributed by atoms with van der Waals surface area (Å²) in [5.41, 5.74) is 8.36. The van der Waals surface area contributed by atoms with Crippen molar-refractivity contribution in [2.24, 2.45) is 5.73 Å². The van der Waals surface area contributed by atoms with Gasteiger partial charge < -0.3 is 24.4 Å². The standard InChI is InChI=1S/C23H39N3O4Si/c1-16-21(27-5)17(13-18(25)19(15-24)26-9-11-29-12-10-26)14-20(22(16)28-6)30-31(7,8)23(2,3)4/h14,18-19H,9-13,25H2,1-8H3/t18-,19-/m0/s1/i15+1. The van der Waals surface area contributed by atoms with Crippen LogP contribution in [0, 0.1) is 18.3 Å². The summed E-state index contributed by atoms with van der Waals surface area (Å²) in [5.74, 6) is 2.13. The van der Waals surface area contributed by atoms with Gasteiger partial charge in [-0.2, -0.15) is 5.26 Å². The molecule has 7 nitrogen and oxygen atoms in total. The molecule has 2 N–H and O–H groups in total. The minimum atomic E-state index is -2.09. The number of benzene rings is 1. The predicted molar refractivity (Wildman–Crippen MR) is 126 cm³/mol. The van der Waals surface area contributed by atoms with Crippen LogP contribution in [0.3, 0.4) is 0 Å². The molecule has 1 aromatic rings. The van der Waals surface area contributed by atoms with Crippen molar-refractivity contribution in [1.29, 1.82) is 5.26 Å². The lowest BCUT2D eigenvalue weighted by Gasteiger charge is -2.37. The van der Waals surface area contributed by atoms with Gasteiger partial charge in [0.1, 0.15) is 17.5 Å². The Bertz CT molecular complexity index is 795. The van der Waals surface area contributed by atoms with E-state index in [0.717, 1.165) is 22.6 Å². The Kier molecular flexibility index (Phi) is 8.39. The number of methoxy groups -OCH3 is 2. The molecule has 2 rings (SSSR count). The molecule has 1 fully saturated rings. The van der Waals surface area contributed by atoms with Gasteiger partial charge in [-0.3, -0.25) is 4.90 Å². The van der Waals surface area contributed by atoms with Crippen LogP contribution in [0.4, 0.5) is 0 Å². The van der Waals surface area contributed by atoms with Gasteiger partial charge in [0.25, 0.3) is 8.32 Å². The summed E-state index contributed by atoms with van der Waals surface area (Å²) in [7, 11) is 1.21. The lowest BCUT2D eigenvalue weighted by Crippen LogP contribution is -2.52. The van der Waals surface area contributed by atoms with Crippen molar-refractivity contribution in [3.8, 4) is 23.3 Å². The van der Waals surface area contributed by atoms with Crippen molar-refractivity contribution in [3.05, 3.63) is 17.2 Å². The van der Waals surface area contributed by atoms with Gasteiger partial charge in [-0.05, 0) is 43.1 Å². The van der Waals surface area contributed by atoms with Crippen LogP contribution in [0.25, 0.3) is 0 Å². The van der Waals surface area contributed by atoms with E-state index in [4.69, 9.17) is 24.4 Å². The number of nitrogens with zero attached hydrogens (tertiary/aromatic N) is 2. The Balaban J connectivity index is 2.42. The molecule has 31 heavy (non-hydrogen) atoms. The first kappa shape index (κ1) is 25.5. The zero-order valence-electron chi connectivity index (χ0n) is 20.4. The van der Waals surface area contributed by atoms with E-state index in [9.17, 15) is 5.26 Å². The van der Waals surface area contributed by atoms with Crippen molar-refractivity contribution < 1.29 is 18.6 Å². The molecule has 0 radical (unpaired) electrons. The van der Waals surface area contributed by atoms with Crippen LogP contribution in [0.1, 0.15) is 31.9 Å². The quantitative estimate of drug-likeness (QED) is 0.479. The minimum Gasteiger partial charge on any atom is -0.541 e. The number of hydrogen-bond acceptors (Lipinski definition) is 7. The Morgan fingerprint density at radius 1 is 1.19 bits per heavy atom. The van der Waals surface area contributed by atoms with Gasteiger partial charge in [0, 0.05) is 24.7 Å². The Hall–Kier alpha value is -1.79. The summed E-state index contributed by atoms with van der Waals surface area (Å²) in [6, 6.07) is 3.62. The Labute approximate surface area is 188 Å². The number of morpholine rings is 1. The second-order valence-corrected chi connectivity index (χ2v) is 14.4. The van der Waals surface area contributed by atoms with Gasteiger partial charge in [-0.1, -0.05) is 20.8 Å². The van der Waals surface area contributed by atoms with Crippen LogP contribution in [-0.2, 0) is 11.2 Å². The van der Waals surface area contributed by atoms with Crippen LogP contribution in [-0.4, -0.2) is 65.8 Å². The van der Waals surface area contributed by atoms with Gasteiger partial charge in [0.05, 0.1) is 33.5 Å². The highest BCUT2D eigenvalue weighted by Gasteiger charge is 2.40. The first-order chi connectivity index (χ1) is 14.5. The molecular formula is C23H39N3O4Si. The van der Waals surface area contributed by atoms with Gasteiger partial charge in [-0.25, -0.2) is 0 Å². The smallest absolute Gasteiger partial charge is 0.250 e. The van der Waals surface area contributed by atoms with Gasteiger partial charge >= 0.3 is 0 Å². The summed E-state index contributed by atoms with van der Waals surface area (Å²) >= 11 is 0. The zero-order valence-corrected chi connectivity index (χ0v) is 21.4. The van der Waals surface area contributed by atoms with Crippen LogP contribution in [0.2, 0.25) is 18.1 Å². The van der Waals surface area contributed by atoms with Crippen molar-refractivity contribution in [2.45, 2.75) is 64.3 Å². The van der Waals surface area contributed by atoms with Crippen LogP contribution < -0.4 is 19.6 Å². The van der Waals surface area contributed by atoms with E-state index < -0.39 is 8.32 Å². The lowest BCUT2D eigenvalue weighted by atomic mass is 9.98. The maximum absolute atomic E-state index is 9.80. The third kappa shape index (κ3) is 5.72. The average Bonchev–Trinajstić information content (AvgIpc) is 2.68. The molecule has 0 unspecified atom stereocenters. The second kappa shape index (κ2) is 10.2. The average molecular weight is 451 g/mol. The zero-order chi connectivity index (χ0) is 23.4. The lowest BCUT2D eigenvalue weighted by molar-refractivity contribution is 0.0226. The van der Waals surface area contributed by atoms with Crippen molar-refractivity contribution in [3.63, 3.8) is 0 Å². The van der Waals surface area contributed by atoms with Crippen LogP contribution in [0.5, 0.6) is 17.2 Å². The summed E-state index contributed by atoms with van der Waals surface area (Å²) in [5, 5.41) is 9.85. The SMILES string of the molecule is COc1c(C[C@H](N)[C@H]([13C]#N)N2CCOCC2)cc(O[Si](C)(C)C(C)(C)C)c(OC)c1C. The third-order valence-electron chi connectivity index (χ3n) is 6.51. The molecule has 1 saturated heterocycles. The summed E-state index contributed by atoms with van der Waals surface area (Å²) in [6.45, 7) is 15.7. The first-order valence-electron chi connectivity index (χ1n) is 10.9. The Morgan fingerprint density at radius 2 is 1.77 bits per heavy atom. The van der Waals surface area contributed by atoms with Crippen molar-refractivity contribution >= 4 is 8.32 Å². The molecule has 0 saturated carbocycles. The molecule has 0 aromatic heterocycles. The number of ether oxygens (including phenoxy) is 3. The molecular weight excluding hydrogens is 411 g/mol. The number of rotatable bonds is 8. The summed E-state index contributed by atoms with van der Waals surface area (Å²) < 4.78 is 23.5. The molecule has 1 aromatic carbocycles. The van der Waals surface area contributed by atoms with E-state index in [-0.39, 0.29) is 17.1 Å². The predicted octanol–water partition coefficient (Wildman–Crippen LogP) is 3.49. The summed E-state index contributed by atoms with van der Waals surface area (Å²) in [4.78, 5) is 2.10. The molecule has 8 heteroatoms.